The third kappa shape index (κ3) is 8.29. The normalized spacial score (nSPS) is 14.2. The van der Waals surface area contributed by atoms with Crippen LogP contribution in [0.5, 0.6) is 0 Å². The number of amides is 1. The van der Waals surface area contributed by atoms with E-state index in [0.29, 0.717) is 12.1 Å². The SMILES string of the molecule is C1CNCCN1.CN(C)CCCNC(=O)c1cccnc1Cl. The number of hydrogen-bond donors (Lipinski definition) is 3. The number of aromatic nitrogens is 1. The first-order valence-electron chi connectivity index (χ1n) is 7.56. The first-order chi connectivity index (χ1) is 10.6. The van der Waals surface area contributed by atoms with Crippen LogP contribution in [0.15, 0.2) is 18.3 Å². The Hall–Kier alpha value is -1.21. The number of nitrogens with zero attached hydrogens (tertiary/aromatic N) is 2. The van der Waals surface area contributed by atoms with Crippen molar-refractivity contribution >= 4 is 17.5 Å². The summed E-state index contributed by atoms with van der Waals surface area (Å²) in [7, 11) is 4.00. The Morgan fingerprint density at radius 1 is 1.32 bits per heavy atom. The van der Waals surface area contributed by atoms with Crippen molar-refractivity contribution in [1.82, 2.24) is 25.8 Å². The van der Waals surface area contributed by atoms with Crippen LogP contribution in [-0.4, -0.2) is 69.2 Å². The average Bonchev–Trinajstić information content (AvgIpc) is 2.54. The molecule has 0 spiro atoms. The molecule has 1 aliphatic heterocycles. The van der Waals surface area contributed by atoms with Crippen molar-refractivity contribution in [2.24, 2.45) is 0 Å². The summed E-state index contributed by atoms with van der Waals surface area (Å²) >= 11 is 5.80. The van der Waals surface area contributed by atoms with Gasteiger partial charge in [-0.3, -0.25) is 4.79 Å². The summed E-state index contributed by atoms with van der Waals surface area (Å²) in [5.74, 6) is -0.170. The molecule has 6 nitrogen and oxygen atoms in total. The third-order valence-electron chi connectivity index (χ3n) is 3.03. The second-order valence-electron chi connectivity index (χ2n) is 5.25. The quantitative estimate of drug-likeness (QED) is 0.546. The molecule has 1 fully saturated rings. The Morgan fingerprint density at radius 2 is 1.95 bits per heavy atom. The lowest BCUT2D eigenvalue weighted by Crippen LogP contribution is -2.39. The van der Waals surface area contributed by atoms with E-state index in [4.69, 9.17) is 11.6 Å². The lowest BCUT2D eigenvalue weighted by molar-refractivity contribution is 0.0952. The van der Waals surface area contributed by atoms with E-state index in [2.05, 4.69) is 25.8 Å². The zero-order valence-electron chi connectivity index (χ0n) is 13.4. The molecule has 2 heterocycles. The van der Waals surface area contributed by atoms with Crippen LogP contribution in [0.25, 0.3) is 0 Å². The molecular formula is C15H26ClN5O. The van der Waals surface area contributed by atoms with Crippen LogP contribution in [-0.2, 0) is 0 Å². The Balaban J connectivity index is 0.000000335. The van der Waals surface area contributed by atoms with Gasteiger partial charge in [-0.2, -0.15) is 0 Å². The molecule has 0 saturated carbocycles. The van der Waals surface area contributed by atoms with Crippen LogP contribution in [0.2, 0.25) is 5.15 Å². The maximum Gasteiger partial charge on any atom is 0.254 e. The van der Waals surface area contributed by atoms with Gasteiger partial charge in [0.2, 0.25) is 0 Å². The van der Waals surface area contributed by atoms with Crippen molar-refractivity contribution in [2.45, 2.75) is 6.42 Å². The van der Waals surface area contributed by atoms with Gasteiger partial charge in [-0.25, -0.2) is 4.98 Å². The Kier molecular flexibility index (Phi) is 9.74. The van der Waals surface area contributed by atoms with Crippen LogP contribution < -0.4 is 16.0 Å². The van der Waals surface area contributed by atoms with Crippen molar-refractivity contribution in [3.05, 3.63) is 29.0 Å². The first-order valence-corrected chi connectivity index (χ1v) is 7.94. The van der Waals surface area contributed by atoms with Crippen molar-refractivity contribution in [3.8, 4) is 0 Å². The summed E-state index contributed by atoms with van der Waals surface area (Å²) in [6.45, 7) is 6.14. The van der Waals surface area contributed by atoms with Gasteiger partial charge in [0.15, 0.2) is 0 Å². The highest BCUT2D eigenvalue weighted by molar-refractivity contribution is 6.32. The molecule has 7 heteroatoms. The summed E-state index contributed by atoms with van der Waals surface area (Å²) in [6.07, 6.45) is 2.47. The van der Waals surface area contributed by atoms with E-state index in [9.17, 15) is 4.79 Å². The van der Waals surface area contributed by atoms with Crippen LogP contribution in [0, 0.1) is 0 Å². The number of halogens is 1. The van der Waals surface area contributed by atoms with Crippen molar-refractivity contribution in [1.29, 1.82) is 0 Å². The van der Waals surface area contributed by atoms with Crippen LogP contribution in [0.3, 0.4) is 0 Å². The van der Waals surface area contributed by atoms with Gasteiger partial charge in [-0.05, 0) is 39.2 Å². The number of hydrogen-bond acceptors (Lipinski definition) is 5. The van der Waals surface area contributed by atoms with Crippen LogP contribution in [0.4, 0.5) is 0 Å². The maximum atomic E-state index is 11.7. The Labute approximate surface area is 137 Å². The van der Waals surface area contributed by atoms with E-state index in [0.717, 1.165) is 39.1 Å². The van der Waals surface area contributed by atoms with E-state index >= 15 is 0 Å². The van der Waals surface area contributed by atoms with Crippen LogP contribution in [0.1, 0.15) is 16.8 Å². The molecule has 22 heavy (non-hydrogen) atoms. The summed E-state index contributed by atoms with van der Waals surface area (Å²) < 4.78 is 0. The largest absolute Gasteiger partial charge is 0.352 e. The minimum Gasteiger partial charge on any atom is -0.352 e. The molecule has 0 atom stereocenters. The monoisotopic (exact) mass is 327 g/mol. The van der Waals surface area contributed by atoms with Gasteiger partial charge < -0.3 is 20.9 Å². The molecule has 0 unspecified atom stereocenters. The minimum atomic E-state index is -0.170. The van der Waals surface area contributed by atoms with Gasteiger partial charge in [0.1, 0.15) is 5.15 Å². The number of pyridine rings is 1. The Bertz CT molecular complexity index is 426. The lowest BCUT2D eigenvalue weighted by atomic mass is 10.2. The molecule has 1 aliphatic rings. The van der Waals surface area contributed by atoms with E-state index < -0.39 is 0 Å². The number of carbonyl (C=O) groups is 1. The predicted octanol–water partition coefficient (Wildman–Crippen LogP) is 0.596. The molecule has 1 aromatic rings. The minimum absolute atomic E-state index is 0.170. The highest BCUT2D eigenvalue weighted by Crippen LogP contribution is 2.10. The Morgan fingerprint density at radius 3 is 2.45 bits per heavy atom. The highest BCUT2D eigenvalue weighted by atomic mass is 35.5. The topological polar surface area (TPSA) is 69.3 Å². The second-order valence-corrected chi connectivity index (χ2v) is 5.61. The van der Waals surface area contributed by atoms with Gasteiger partial charge in [-0.15, -0.1) is 0 Å². The lowest BCUT2D eigenvalue weighted by Gasteiger charge is -2.11. The van der Waals surface area contributed by atoms with Crippen molar-refractivity contribution in [3.63, 3.8) is 0 Å². The van der Waals surface area contributed by atoms with Gasteiger partial charge in [-0.1, -0.05) is 11.6 Å². The van der Waals surface area contributed by atoms with E-state index in [-0.39, 0.29) is 11.1 Å². The average molecular weight is 328 g/mol. The van der Waals surface area contributed by atoms with Gasteiger partial charge >= 0.3 is 0 Å². The van der Waals surface area contributed by atoms with Gasteiger partial charge in [0.25, 0.3) is 5.91 Å². The number of carbonyl (C=O) groups excluding carboxylic acids is 1. The summed E-state index contributed by atoms with van der Waals surface area (Å²) in [5.41, 5.74) is 0.425. The number of nitrogens with one attached hydrogen (secondary N) is 3. The number of piperazine rings is 1. The van der Waals surface area contributed by atoms with E-state index in [1.54, 1.807) is 18.3 Å². The standard InChI is InChI=1S/C11H16ClN3O.C4H10N2/c1-15(2)8-4-7-14-11(16)9-5-3-6-13-10(9)12;1-2-6-4-3-5-1/h3,5-6H,4,7-8H2,1-2H3,(H,14,16);5-6H,1-4H2. The molecule has 1 amide bonds. The van der Waals surface area contributed by atoms with Crippen molar-refractivity contribution in [2.75, 3.05) is 53.4 Å². The molecule has 2 rings (SSSR count). The smallest absolute Gasteiger partial charge is 0.254 e. The molecule has 0 radical (unpaired) electrons. The highest BCUT2D eigenvalue weighted by Gasteiger charge is 2.09. The van der Waals surface area contributed by atoms with Crippen LogP contribution >= 0.6 is 11.6 Å². The summed E-state index contributed by atoms with van der Waals surface area (Å²) in [4.78, 5) is 17.6. The zero-order valence-corrected chi connectivity index (χ0v) is 14.1. The molecular weight excluding hydrogens is 302 g/mol. The van der Waals surface area contributed by atoms with E-state index in [1.165, 1.54) is 0 Å². The fourth-order valence-corrected chi connectivity index (χ4v) is 2.06. The summed E-state index contributed by atoms with van der Waals surface area (Å²) in [6, 6.07) is 3.36. The third-order valence-corrected chi connectivity index (χ3v) is 3.33. The molecule has 0 aromatic carbocycles. The van der Waals surface area contributed by atoms with E-state index in [1.807, 2.05) is 14.1 Å². The molecule has 0 bridgehead atoms. The molecule has 3 N–H and O–H groups in total. The van der Waals surface area contributed by atoms with Gasteiger partial charge in [0, 0.05) is 38.9 Å². The molecule has 0 aliphatic carbocycles. The second kappa shape index (κ2) is 11.4. The van der Waals surface area contributed by atoms with Crippen molar-refractivity contribution < 1.29 is 4.79 Å². The summed E-state index contributed by atoms with van der Waals surface area (Å²) in [5, 5.41) is 9.49. The molecule has 1 aromatic heterocycles. The van der Waals surface area contributed by atoms with Gasteiger partial charge in [0.05, 0.1) is 5.56 Å². The fourth-order valence-electron chi connectivity index (χ4n) is 1.85. The number of rotatable bonds is 5. The first kappa shape index (κ1) is 18.8. The molecule has 1 saturated heterocycles. The zero-order chi connectivity index (χ0) is 16.2. The predicted molar refractivity (Wildman–Crippen MR) is 90.5 cm³/mol. The molecule has 124 valence electrons. The maximum absolute atomic E-state index is 11.7. The fraction of sp³-hybridized carbons (Fsp3) is 0.600.